The van der Waals surface area contributed by atoms with Crippen LogP contribution >= 0.6 is 34.9 Å². The number of thioether (sulfide) groups is 2. The second-order valence-corrected chi connectivity index (χ2v) is 7.58. The molecule has 94 valence electrons. The highest BCUT2D eigenvalue weighted by Gasteiger charge is 2.25. The van der Waals surface area contributed by atoms with Crippen molar-refractivity contribution in [3.05, 3.63) is 0 Å². The van der Waals surface area contributed by atoms with E-state index >= 15 is 0 Å². The molecule has 0 spiro atoms. The van der Waals surface area contributed by atoms with Crippen molar-refractivity contribution in [1.29, 1.82) is 5.26 Å². The van der Waals surface area contributed by atoms with Crippen LogP contribution in [0.1, 0.15) is 20.3 Å². The molecule has 0 aromatic carbocycles. The molecular weight excluding hydrogens is 272 g/mol. The Morgan fingerprint density at radius 3 is 2.65 bits per heavy atom. The molecule has 1 aromatic rings. The van der Waals surface area contributed by atoms with Gasteiger partial charge in [-0.05, 0) is 26.6 Å². The summed E-state index contributed by atoms with van der Waals surface area (Å²) < 4.78 is 1.95. The second kappa shape index (κ2) is 6.59. The Morgan fingerprint density at radius 1 is 1.53 bits per heavy atom. The summed E-state index contributed by atoms with van der Waals surface area (Å²) in [6.07, 6.45) is 2.77. The lowest BCUT2D eigenvalue weighted by Crippen LogP contribution is -2.40. The average Bonchev–Trinajstić information content (AvgIpc) is 2.76. The lowest BCUT2D eigenvalue weighted by atomic mass is 9.98. The monoisotopic (exact) mass is 288 g/mol. The van der Waals surface area contributed by atoms with E-state index in [1.807, 2.05) is 20.2 Å². The van der Waals surface area contributed by atoms with E-state index in [0.717, 1.165) is 15.1 Å². The van der Waals surface area contributed by atoms with Crippen molar-refractivity contribution in [2.24, 2.45) is 0 Å². The largest absolute Gasteiger partial charge is 0.303 e. The van der Waals surface area contributed by atoms with E-state index in [0.29, 0.717) is 5.25 Å². The van der Waals surface area contributed by atoms with Crippen molar-refractivity contribution >= 4 is 34.9 Å². The minimum absolute atomic E-state index is 0.328. The van der Waals surface area contributed by atoms with Gasteiger partial charge in [-0.1, -0.05) is 41.8 Å². The third kappa shape index (κ3) is 4.47. The molecule has 7 heteroatoms. The zero-order chi connectivity index (χ0) is 12.9. The van der Waals surface area contributed by atoms with Gasteiger partial charge in [0.2, 0.25) is 0 Å². The summed E-state index contributed by atoms with van der Waals surface area (Å²) in [5.41, 5.74) is -0.473. The van der Waals surface area contributed by atoms with Crippen molar-refractivity contribution in [2.75, 3.05) is 13.3 Å². The summed E-state index contributed by atoms with van der Waals surface area (Å²) in [5, 5.41) is 20.6. The Bertz CT molecular complexity index is 401. The van der Waals surface area contributed by atoms with Gasteiger partial charge in [-0.2, -0.15) is 5.26 Å². The van der Waals surface area contributed by atoms with Crippen molar-refractivity contribution in [2.45, 2.75) is 39.7 Å². The number of hydrogen-bond acceptors (Lipinski definition) is 7. The van der Waals surface area contributed by atoms with Gasteiger partial charge in [-0.3, -0.25) is 0 Å². The third-order valence-corrected chi connectivity index (χ3v) is 5.44. The van der Waals surface area contributed by atoms with Crippen LogP contribution in [-0.2, 0) is 0 Å². The molecule has 0 bridgehead atoms. The molecule has 1 N–H and O–H groups in total. The van der Waals surface area contributed by atoms with Gasteiger partial charge in [0.05, 0.1) is 6.07 Å². The maximum absolute atomic E-state index is 9.09. The minimum atomic E-state index is -0.473. The first-order valence-corrected chi connectivity index (χ1v) is 8.09. The summed E-state index contributed by atoms with van der Waals surface area (Å²) in [5.74, 6) is 0. The van der Waals surface area contributed by atoms with Gasteiger partial charge >= 0.3 is 0 Å². The molecule has 17 heavy (non-hydrogen) atoms. The van der Waals surface area contributed by atoms with Crippen LogP contribution in [0.25, 0.3) is 0 Å². The van der Waals surface area contributed by atoms with Gasteiger partial charge in [0.15, 0.2) is 8.68 Å². The molecule has 2 unspecified atom stereocenters. The van der Waals surface area contributed by atoms with Crippen molar-refractivity contribution in [3.8, 4) is 6.07 Å². The molecule has 0 fully saturated rings. The van der Waals surface area contributed by atoms with Crippen LogP contribution < -0.4 is 5.32 Å². The number of hydrogen-bond donors (Lipinski definition) is 1. The zero-order valence-electron chi connectivity index (χ0n) is 10.4. The Labute approximate surface area is 115 Å². The Kier molecular flexibility index (Phi) is 5.73. The first kappa shape index (κ1) is 14.8. The van der Waals surface area contributed by atoms with Crippen LogP contribution in [0.3, 0.4) is 0 Å². The van der Waals surface area contributed by atoms with Crippen LogP contribution in [-0.4, -0.2) is 34.3 Å². The molecule has 0 saturated heterocycles. The maximum atomic E-state index is 9.09. The predicted octanol–water partition coefficient (Wildman–Crippen LogP) is 2.63. The van der Waals surface area contributed by atoms with Crippen molar-refractivity contribution in [3.63, 3.8) is 0 Å². The fourth-order valence-corrected chi connectivity index (χ4v) is 4.25. The quantitative estimate of drug-likeness (QED) is 0.812. The first-order chi connectivity index (χ1) is 8.03. The van der Waals surface area contributed by atoms with Gasteiger partial charge in [0, 0.05) is 5.25 Å². The van der Waals surface area contributed by atoms with Crippen molar-refractivity contribution in [1.82, 2.24) is 15.5 Å². The molecule has 1 heterocycles. The van der Waals surface area contributed by atoms with Gasteiger partial charge in [0.25, 0.3) is 0 Å². The number of rotatable bonds is 6. The number of nitrogens with zero attached hydrogens (tertiary/aromatic N) is 3. The number of aromatic nitrogens is 2. The van der Waals surface area contributed by atoms with Gasteiger partial charge in [0.1, 0.15) is 5.54 Å². The molecule has 4 nitrogen and oxygen atoms in total. The Hall–Kier alpha value is -0.290. The van der Waals surface area contributed by atoms with Crippen molar-refractivity contribution < 1.29 is 0 Å². The maximum Gasteiger partial charge on any atom is 0.175 e. The van der Waals surface area contributed by atoms with E-state index in [9.17, 15) is 0 Å². The van der Waals surface area contributed by atoms with E-state index in [1.165, 1.54) is 0 Å². The normalized spacial score (nSPS) is 16.2. The topological polar surface area (TPSA) is 61.6 Å². The van der Waals surface area contributed by atoms with Gasteiger partial charge < -0.3 is 5.32 Å². The Balaban J connectivity index is 2.55. The average molecular weight is 288 g/mol. The summed E-state index contributed by atoms with van der Waals surface area (Å²) in [6, 6.07) is 2.30. The highest BCUT2D eigenvalue weighted by atomic mass is 32.2. The molecule has 0 saturated carbocycles. The second-order valence-electron chi connectivity index (χ2n) is 3.86. The smallest absolute Gasteiger partial charge is 0.175 e. The molecule has 1 rings (SSSR count). The molecule has 0 radical (unpaired) electrons. The van der Waals surface area contributed by atoms with Crippen LogP contribution in [0, 0.1) is 11.3 Å². The van der Waals surface area contributed by atoms with E-state index in [2.05, 4.69) is 28.5 Å². The first-order valence-electron chi connectivity index (χ1n) is 5.17. The fourth-order valence-electron chi connectivity index (χ4n) is 1.32. The molecule has 2 atom stereocenters. The summed E-state index contributed by atoms with van der Waals surface area (Å²) in [6.45, 7) is 4.02. The van der Waals surface area contributed by atoms with Gasteiger partial charge in [-0.25, -0.2) is 0 Å². The summed E-state index contributed by atoms with van der Waals surface area (Å²) >= 11 is 4.89. The van der Waals surface area contributed by atoms with Crippen LogP contribution in [0.5, 0.6) is 0 Å². The number of nitriles is 1. The molecule has 0 aliphatic heterocycles. The minimum Gasteiger partial charge on any atom is -0.303 e. The van der Waals surface area contributed by atoms with Gasteiger partial charge in [-0.15, -0.1) is 10.2 Å². The summed E-state index contributed by atoms with van der Waals surface area (Å²) in [7, 11) is 1.82. The molecule has 1 aromatic heterocycles. The SMILES string of the molecule is CNC(C)(C#N)CC(C)Sc1nnc(SC)s1. The highest BCUT2D eigenvalue weighted by Crippen LogP contribution is 2.32. The Morgan fingerprint density at radius 2 is 2.18 bits per heavy atom. The van der Waals surface area contributed by atoms with E-state index < -0.39 is 5.54 Å². The molecule has 0 aliphatic carbocycles. The zero-order valence-corrected chi connectivity index (χ0v) is 12.8. The van der Waals surface area contributed by atoms with E-state index in [1.54, 1.807) is 34.9 Å². The van der Waals surface area contributed by atoms with Crippen LogP contribution in [0.15, 0.2) is 8.68 Å². The van der Waals surface area contributed by atoms with Crippen LogP contribution in [0.4, 0.5) is 0 Å². The summed E-state index contributed by atoms with van der Waals surface area (Å²) in [4.78, 5) is 0. The van der Waals surface area contributed by atoms with E-state index in [-0.39, 0.29) is 0 Å². The third-order valence-electron chi connectivity index (χ3n) is 2.36. The van der Waals surface area contributed by atoms with E-state index in [4.69, 9.17) is 5.26 Å². The van der Waals surface area contributed by atoms with Crippen LogP contribution in [0.2, 0.25) is 0 Å². The lowest BCUT2D eigenvalue weighted by molar-refractivity contribution is 0.455. The lowest BCUT2D eigenvalue weighted by Gasteiger charge is -2.23. The molecular formula is C10H16N4S3. The standard InChI is InChI=1S/C10H16N4S3/c1-7(5-10(2,6-11)12-3)16-9-14-13-8(15-4)17-9/h7,12H,5H2,1-4H3. The highest BCUT2D eigenvalue weighted by molar-refractivity contribution is 8.03. The number of nitrogens with one attached hydrogen (secondary N) is 1. The predicted molar refractivity (Wildman–Crippen MR) is 74.7 cm³/mol. The fraction of sp³-hybridized carbons (Fsp3) is 0.700. The molecule has 0 amide bonds. The molecule has 0 aliphatic rings.